The molecule has 0 bridgehead atoms. The third-order valence-corrected chi connectivity index (χ3v) is 6.08. The Bertz CT molecular complexity index is 689. The van der Waals surface area contributed by atoms with Crippen molar-refractivity contribution in [1.82, 2.24) is 0 Å². The van der Waals surface area contributed by atoms with Crippen molar-refractivity contribution >= 4 is 21.2 Å². The van der Waals surface area contributed by atoms with Crippen LogP contribution in [0.5, 0.6) is 0 Å². The molecule has 3 rings (SSSR count). The van der Waals surface area contributed by atoms with Gasteiger partial charge in [-0.25, -0.2) is 8.42 Å². The van der Waals surface area contributed by atoms with Crippen LogP contribution in [0.4, 0.5) is 0 Å². The van der Waals surface area contributed by atoms with Crippen LogP contribution < -0.4 is 0 Å². The zero-order valence-corrected chi connectivity index (χ0v) is 11.9. The molecule has 1 aromatic carbocycles. The van der Waals surface area contributed by atoms with E-state index in [4.69, 9.17) is 0 Å². The van der Waals surface area contributed by atoms with Crippen molar-refractivity contribution in [3.63, 3.8) is 0 Å². The van der Waals surface area contributed by atoms with Crippen LogP contribution in [0.2, 0.25) is 0 Å². The molecule has 0 saturated carbocycles. The number of aliphatic hydroxyl groups is 1. The highest BCUT2D eigenvalue weighted by Crippen LogP contribution is 2.39. The number of fused-ring (bicyclic) bond motifs is 1. The number of thiophene rings is 1. The molecule has 0 radical (unpaired) electrons. The molecule has 1 aromatic heterocycles. The highest BCUT2D eigenvalue weighted by Gasteiger charge is 2.40. The van der Waals surface area contributed by atoms with Gasteiger partial charge < -0.3 is 5.11 Å². The molecule has 1 aliphatic heterocycles. The first kappa shape index (κ1) is 12.8. The second-order valence-electron chi connectivity index (χ2n) is 4.90. The van der Waals surface area contributed by atoms with Crippen LogP contribution in [0.25, 0.3) is 0 Å². The van der Waals surface area contributed by atoms with E-state index in [1.54, 1.807) is 35.6 Å². The number of hydrogen-bond acceptors (Lipinski definition) is 4. The predicted octanol–water partition coefficient (Wildman–Crippen LogP) is 2.36. The summed E-state index contributed by atoms with van der Waals surface area (Å²) in [4.78, 5) is 0.277. The van der Waals surface area contributed by atoms with Gasteiger partial charge in [-0.3, -0.25) is 0 Å². The normalized spacial score (nSPS) is 24.9. The third kappa shape index (κ3) is 2.22. The molecule has 0 saturated heterocycles. The smallest absolute Gasteiger partial charge is 0.178 e. The van der Waals surface area contributed by atoms with E-state index in [9.17, 15) is 13.5 Å². The lowest BCUT2D eigenvalue weighted by atomic mass is 9.85. The number of hydrogen-bond donors (Lipinski definition) is 1. The van der Waals surface area contributed by atoms with Gasteiger partial charge in [-0.15, -0.1) is 0 Å². The van der Waals surface area contributed by atoms with E-state index in [-0.39, 0.29) is 17.1 Å². The van der Waals surface area contributed by atoms with Gasteiger partial charge in [-0.05, 0) is 34.9 Å². The summed E-state index contributed by atoms with van der Waals surface area (Å²) >= 11 is 1.58. The maximum Gasteiger partial charge on any atom is 0.178 e. The quantitative estimate of drug-likeness (QED) is 0.925. The van der Waals surface area contributed by atoms with Crippen LogP contribution in [0.15, 0.2) is 46.0 Å². The molecule has 0 fully saturated rings. The summed E-state index contributed by atoms with van der Waals surface area (Å²) in [5.74, 6) is 0.00461. The molecule has 2 aromatic rings. The summed E-state index contributed by atoms with van der Waals surface area (Å²) in [6.45, 7) is 0. The van der Waals surface area contributed by atoms with Crippen LogP contribution in [-0.2, 0) is 21.9 Å². The van der Waals surface area contributed by atoms with Crippen molar-refractivity contribution in [3.8, 4) is 0 Å². The van der Waals surface area contributed by atoms with E-state index < -0.39 is 15.4 Å². The minimum absolute atomic E-state index is 0.00461. The molecular weight excluding hydrogens is 280 g/mol. The summed E-state index contributed by atoms with van der Waals surface area (Å²) in [7, 11) is -3.25. The average Bonchev–Trinajstić information content (AvgIpc) is 2.88. The molecule has 2 heterocycles. The molecule has 100 valence electrons. The first-order valence-electron chi connectivity index (χ1n) is 6.07. The molecule has 1 atom stereocenters. The molecule has 1 unspecified atom stereocenters. The fraction of sp³-hybridized carbons (Fsp3) is 0.286. The molecule has 19 heavy (non-hydrogen) atoms. The van der Waals surface area contributed by atoms with Gasteiger partial charge in [0.15, 0.2) is 9.84 Å². The summed E-state index contributed by atoms with van der Waals surface area (Å²) in [5, 5.41) is 14.8. The van der Waals surface area contributed by atoms with Crippen molar-refractivity contribution in [2.24, 2.45) is 0 Å². The fourth-order valence-electron chi connectivity index (χ4n) is 2.58. The van der Waals surface area contributed by atoms with E-state index in [1.165, 1.54) is 0 Å². The monoisotopic (exact) mass is 294 g/mol. The van der Waals surface area contributed by atoms with Crippen LogP contribution in [0.1, 0.15) is 17.5 Å². The second kappa shape index (κ2) is 4.44. The zero-order chi connectivity index (χ0) is 13.5. The topological polar surface area (TPSA) is 54.4 Å². The van der Waals surface area contributed by atoms with Crippen molar-refractivity contribution in [1.29, 1.82) is 0 Å². The lowest BCUT2D eigenvalue weighted by molar-refractivity contribution is 0.0284. The van der Waals surface area contributed by atoms with Crippen molar-refractivity contribution in [3.05, 3.63) is 52.2 Å². The highest BCUT2D eigenvalue weighted by molar-refractivity contribution is 7.91. The molecule has 0 amide bonds. The Labute approximate surface area is 116 Å². The molecule has 0 spiro atoms. The Morgan fingerprint density at radius 2 is 2.05 bits per heavy atom. The number of rotatable bonds is 2. The van der Waals surface area contributed by atoms with Crippen LogP contribution in [-0.4, -0.2) is 19.3 Å². The third-order valence-electron chi connectivity index (χ3n) is 3.58. The summed E-state index contributed by atoms with van der Waals surface area (Å²) < 4.78 is 24.1. The van der Waals surface area contributed by atoms with E-state index in [2.05, 4.69) is 0 Å². The lowest BCUT2D eigenvalue weighted by Crippen LogP contribution is -2.37. The average molecular weight is 294 g/mol. The minimum atomic E-state index is -3.25. The van der Waals surface area contributed by atoms with Crippen molar-refractivity contribution in [2.45, 2.75) is 23.3 Å². The van der Waals surface area contributed by atoms with Crippen LogP contribution >= 0.6 is 11.3 Å². The van der Waals surface area contributed by atoms with Gasteiger partial charge >= 0.3 is 0 Å². The van der Waals surface area contributed by atoms with Gasteiger partial charge in [0.2, 0.25) is 0 Å². The Morgan fingerprint density at radius 3 is 2.79 bits per heavy atom. The first-order chi connectivity index (χ1) is 9.01. The van der Waals surface area contributed by atoms with Gasteiger partial charge in [0.05, 0.1) is 16.2 Å². The Kier molecular flexibility index (Phi) is 3.00. The zero-order valence-electron chi connectivity index (χ0n) is 10.2. The van der Waals surface area contributed by atoms with Gasteiger partial charge in [0, 0.05) is 12.0 Å². The standard InChI is InChI=1S/C14H14O3S2/c15-14(9-11-5-7-18-10-11)6-8-19(16,17)13-4-2-1-3-12(13)14/h1-5,7,10,15H,6,8-9H2. The molecular formula is C14H14O3S2. The lowest BCUT2D eigenvalue weighted by Gasteiger charge is -2.34. The predicted molar refractivity (Wildman–Crippen MR) is 75.0 cm³/mol. The second-order valence-corrected chi connectivity index (χ2v) is 7.76. The molecule has 0 aliphatic carbocycles. The first-order valence-corrected chi connectivity index (χ1v) is 8.66. The van der Waals surface area contributed by atoms with Gasteiger partial charge in [-0.1, -0.05) is 18.2 Å². The molecule has 5 heteroatoms. The Hall–Kier alpha value is -1.17. The van der Waals surface area contributed by atoms with Gasteiger partial charge in [-0.2, -0.15) is 11.3 Å². The summed E-state index contributed by atoms with van der Waals surface area (Å²) in [6.07, 6.45) is 0.714. The van der Waals surface area contributed by atoms with Gasteiger partial charge in [0.25, 0.3) is 0 Å². The Balaban J connectivity index is 2.09. The minimum Gasteiger partial charge on any atom is -0.385 e. The van der Waals surface area contributed by atoms with Crippen LogP contribution in [0.3, 0.4) is 0 Å². The van der Waals surface area contributed by atoms with Gasteiger partial charge in [0.1, 0.15) is 0 Å². The van der Waals surface area contributed by atoms with Crippen molar-refractivity contribution < 1.29 is 13.5 Å². The van der Waals surface area contributed by atoms with E-state index >= 15 is 0 Å². The van der Waals surface area contributed by atoms with E-state index in [0.29, 0.717) is 12.0 Å². The summed E-state index contributed by atoms with van der Waals surface area (Å²) in [6, 6.07) is 8.75. The van der Waals surface area contributed by atoms with E-state index in [1.807, 2.05) is 16.8 Å². The molecule has 1 aliphatic rings. The Morgan fingerprint density at radius 1 is 1.26 bits per heavy atom. The number of sulfone groups is 1. The fourth-order valence-corrected chi connectivity index (χ4v) is 4.96. The highest BCUT2D eigenvalue weighted by atomic mass is 32.2. The number of benzene rings is 1. The maximum absolute atomic E-state index is 12.1. The molecule has 3 nitrogen and oxygen atoms in total. The SMILES string of the molecule is O=S1(=O)CCC(O)(Cc2ccsc2)c2ccccc21. The molecule has 1 N–H and O–H groups in total. The summed E-state index contributed by atoms with van der Waals surface area (Å²) in [5.41, 5.74) is 0.497. The van der Waals surface area contributed by atoms with E-state index in [0.717, 1.165) is 5.56 Å². The largest absolute Gasteiger partial charge is 0.385 e. The van der Waals surface area contributed by atoms with Crippen LogP contribution in [0, 0.1) is 0 Å². The van der Waals surface area contributed by atoms with Crippen molar-refractivity contribution in [2.75, 3.05) is 5.75 Å². The maximum atomic E-state index is 12.1.